The zero-order valence-corrected chi connectivity index (χ0v) is 11.4. The van der Waals surface area contributed by atoms with Crippen molar-refractivity contribution in [2.45, 2.75) is 29.7 Å². The Kier molecular flexibility index (Phi) is 4.50. The minimum Gasteiger partial charge on any atom is -0.388 e. The van der Waals surface area contributed by atoms with Crippen LogP contribution in [-0.2, 0) is 4.74 Å². The van der Waals surface area contributed by atoms with Gasteiger partial charge in [0.05, 0.1) is 6.61 Å². The maximum atomic E-state index is 11.8. The Labute approximate surface area is 118 Å². The number of hydrogen-bond acceptors (Lipinski definition) is 9. The van der Waals surface area contributed by atoms with Gasteiger partial charge in [-0.15, -0.1) is 0 Å². The van der Waals surface area contributed by atoms with Crippen LogP contribution in [-0.4, -0.2) is 62.7 Å². The van der Waals surface area contributed by atoms with Crippen molar-refractivity contribution in [2.24, 2.45) is 0 Å². The largest absolute Gasteiger partial charge is 0.388 e. The average molecular weight is 304 g/mol. The van der Waals surface area contributed by atoms with Crippen LogP contribution in [0.25, 0.3) is 0 Å². The van der Waals surface area contributed by atoms with Crippen LogP contribution >= 0.6 is 11.8 Å². The summed E-state index contributed by atoms with van der Waals surface area (Å²) in [5.74, 6) is -0.0467. The Bertz CT molecular complexity index is 539. The summed E-state index contributed by atoms with van der Waals surface area (Å²) < 4.78 is 5.13. The van der Waals surface area contributed by atoms with Gasteiger partial charge in [-0.25, -0.2) is 4.98 Å². The van der Waals surface area contributed by atoms with E-state index in [-0.39, 0.29) is 18.1 Å². The van der Waals surface area contributed by atoms with Crippen molar-refractivity contribution in [1.29, 1.82) is 0 Å². The van der Waals surface area contributed by atoms with Crippen molar-refractivity contribution in [1.82, 2.24) is 9.97 Å². The Balaban J connectivity index is 2.20. The number of rotatable bonds is 3. The third kappa shape index (κ3) is 2.88. The summed E-state index contributed by atoms with van der Waals surface area (Å²) in [7, 11) is 0. The summed E-state index contributed by atoms with van der Waals surface area (Å²) >= 11 is 1.22. The van der Waals surface area contributed by atoms with Crippen LogP contribution in [0.4, 0.5) is 11.5 Å². The van der Waals surface area contributed by atoms with Gasteiger partial charge < -0.3 is 31.1 Å². The number of aromatic nitrogens is 2. The van der Waals surface area contributed by atoms with Crippen molar-refractivity contribution >= 4 is 23.3 Å². The topological polar surface area (TPSA) is 154 Å². The summed E-state index contributed by atoms with van der Waals surface area (Å²) in [5.41, 5.74) is 5.09. The third-order valence-electron chi connectivity index (χ3n) is 2.91. The van der Waals surface area contributed by atoms with Crippen LogP contribution in [0.1, 0.15) is 0 Å². The van der Waals surface area contributed by atoms with Gasteiger partial charge in [0.1, 0.15) is 24.0 Å². The molecule has 0 spiro atoms. The molecule has 9 nitrogen and oxygen atoms in total. The first-order chi connectivity index (χ1) is 9.43. The van der Waals surface area contributed by atoms with E-state index >= 15 is 0 Å². The second-order valence-electron chi connectivity index (χ2n) is 4.28. The van der Waals surface area contributed by atoms with Crippen molar-refractivity contribution in [3.8, 4) is 0 Å². The van der Waals surface area contributed by atoms with Gasteiger partial charge in [-0.2, -0.15) is 0 Å². The number of nitrogens with one attached hydrogen (secondary N) is 2. The van der Waals surface area contributed by atoms with Crippen molar-refractivity contribution in [3.63, 3.8) is 0 Å². The van der Waals surface area contributed by atoms with Crippen LogP contribution in [0.3, 0.4) is 0 Å². The molecular weight excluding hydrogens is 288 g/mol. The zero-order chi connectivity index (χ0) is 14.9. The minimum absolute atomic E-state index is 0.0467. The van der Waals surface area contributed by atoms with Gasteiger partial charge >= 0.3 is 0 Å². The van der Waals surface area contributed by atoms with Gasteiger partial charge in [0.15, 0.2) is 17.2 Å². The fourth-order valence-corrected chi connectivity index (χ4v) is 2.17. The average Bonchev–Trinajstić information content (AvgIpc) is 2.42. The molecule has 1 aliphatic rings. The molecule has 1 fully saturated rings. The number of anilines is 2. The van der Waals surface area contributed by atoms with Crippen LogP contribution < -0.4 is 16.6 Å². The molecular formula is C10H16N4O5S. The highest BCUT2D eigenvalue weighted by Gasteiger charge is 2.38. The second kappa shape index (κ2) is 5.97. The number of hydrogen-bond donors (Lipinski definition) is 6. The molecule has 0 amide bonds. The van der Waals surface area contributed by atoms with Gasteiger partial charge in [0.25, 0.3) is 5.56 Å². The van der Waals surface area contributed by atoms with Crippen LogP contribution in [0.5, 0.6) is 0 Å². The van der Waals surface area contributed by atoms with Crippen LogP contribution in [0.15, 0.2) is 9.95 Å². The van der Waals surface area contributed by atoms with Gasteiger partial charge in [-0.05, 0) is 6.26 Å². The fraction of sp³-hybridized carbons (Fsp3) is 0.600. The molecule has 4 atom stereocenters. The molecule has 1 aliphatic heterocycles. The Morgan fingerprint density at radius 3 is 2.75 bits per heavy atom. The van der Waals surface area contributed by atoms with E-state index in [2.05, 4.69) is 15.3 Å². The molecule has 0 saturated carbocycles. The van der Waals surface area contributed by atoms with E-state index in [1.807, 2.05) is 0 Å². The lowest BCUT2D eigenvalue weighted by Gasteiger charge is -2.35. The number of H-pyrrole nitrogens is 1. The summed E-state index contributed by atoms with van der Waals surface area (Å²) in [5, 5.41) is 31.6. The first-order valence-electron chi connectivity index (χ1n) is 5.80. The van der Waals surface area contributed by atoms with Gasteiger partial charge in [-0.1, -0.05) is 11.8 Å². The molecule has 2 rings (SSSR count). The highest BCUT2D eigenvalue weighted by atomic mass is 32.2. The molecule has 0 radical (unpaired) electrons. The molecule has 112 valence electrons. The number of aliphatic hydroxyl groups is 3. The second-order valence-corrected chi connectivity index (χ2v) is 5.08. The lowest BCUT2D eigenvalue weighted by Crippen LogP contribution is -2.55. The predicted molar refractivity (Wildman–Crippen MR) is 72.4 cm³/mol. The normalized spacial score (nSPS) is 30.2. The van der Waals surface area contributed by atoms with Crippen molar-refractivity contribution in [3.05, 3.63) is 10.4 Å². The maximum absolute atomic E-state index is 11.8. The fourth-order valence-electron chi connectivity index (χ4n) is 1.78. The third-order valence-corrected chi connectivity index (χ3v) is 3.49. The summed E-state index contributed by atoms with van der Waals surface area (Å²) in [6.45, 7) is -0.177. The van der Waals surface area contributed by atoms with Crippen LogP contribution in [0, 0.1) is 0 Å². The number of aromatic amines is 1. The zero-order valence-electron chi connectivity index (χ0n) is 10.6. The van der Waals surface area contributed by atoms with E-state index in [4.69, 9.17) is 10.5 Å². The van der Waals surface area contributed by atoms with E-state index in [1.54, 1.807) is 6.26 Å². The quantitative estimate of drug-likeness (QED) is 0.273. The summed E-state index contributed by atoms with van der Waals surface area (Å²) in [4.78, 5) is 18.3. The maximum Gasteiger partial charge on any atom is 0.277 e. The molecule has 0 unspecified atom stereocenters. The number of aliphatic hydroxyl groups excluding tert-OH is 3. The van der Waals surface area contributed by atoms with E-state index in [0.29, 0.717) is 5.16 Å². The van der Waals surface area contributed by atoms with E-state index in [0.717, 1.165) is 0 Å². The molecule has 10 heteroatoms. The lowest BCUT2D eigenvalue weighted by atomic mass is 10.0. The van der Waals surface area contributed by atoms with Crippen LogP contribution in [0.2, 0.25) is 0 Å². The van der Waals surface area contributed by atoms with E-state index in [9.17, 15) is 20.1 Å². The Morgan fingerprint density at radius 2 is 2.15 bits per heavy atom. The van der Waals surface area contributed by atoms with Crippen molar-refractivity contribution < 1.29 is 20.1 Å². The molecule has 1 aromatic heterocycles. The minimum atomic E-state index is -1.40. The summed E-state index contributed by atoms with van der Waals surface area (Å²) in [6.07, 6.45) is -3.30. The van der Waals surface area contributed by atoms with Gasteiger partial charge in [0, 0.05) is 0 Å². The molecule has 7 N–H and O–H groups in total. The Hall–Kier alpha value is -1.33. The standard InChI is InChI=1S/C10H16N4O5S/c1-20-10-13-7(11)4(8(18)14-10)12-9-6(17)5(16)3(15)2-19-9/h3,5-6,9,12,15-17H,2H2,1H3,(H3,11,13,14,18)/t3-,5+,6+,9+/m0/s1. The SMILES string of the molecule is CSc1nc(N)c(N[C@@H]2OC[C@H](O)[C@@H](O)[C@H]2O)c(=O)[nH]1. The molecule has 1 saturated heterocycles. The van der Waals surface area contributed by atoms with E-state index in [1.165, 1.54) is 11.8 Å². The van der Waals surface area contributed by atoms with Gasteiger partial charge in [-0.3, -0.25) is 9.78 Å². The molecule has 1 aromatic rings. The van der Waals surface area contributed by atoms with Gasteiger partial charge in [0.2, 0.25) is 0 Å². The molecule has 0 aromatic carbocycles. The van der Waals surface area contributed by atoms with Crippen molar-refractivity contribution in [2.75, 3.05) is 23.9 Å². The monoisotopic (exact) mass is 304 g/mol. The Morgan fingerprint density at radius 1 is 1.45 bits per heavy atom. The first kappa shape index (κ1) is 15.1. The highest BCUT2D eigenvalue weighted by Crippen LogP contribution is 2.20. The number of nitrogens with two attached hydrogens (primary N) is 1. The van der Waals surface area contributed by atoms with E-state index < -0.39 is 30.1 Å². The predicted octanol–water partition coefficient (Wildman–Crippen LogP) is -2.08. The lowest BCUT2D eigenvalue weighted by molar-refractivity contribution is -0.178. The molecule has 20 heavy (non-hydrogen) atoms. The number of nitrogen functional groups attached to an aromatic ring is 1. The summed E-state index contributed by atoms with van der Waals surface area (Å²) in [6, 6.07) is 0. The molecule has 0 bridgehead atoms. The number of thioether (sulfide) groups is 1. The first-order valence-corrected chi connectivity index (χ1v) is 7.02. The number of nitrogens with zero attached hydrogens (tertiary/aromatic N) is 1. The molecule has 2 heterocycles. The molecule has 0 aliphatic carbocycles. The highest BCUT2D eigenvalue weighted by molar-refractivity contribution is 7.98. The number of ether oxygens (including phenoxy) is 1. The smallest absolute Gasteiger partial charge is 0.277 e.